The van der Waals surface area contributed by atoms with Crippen molar-refractivity contribution in [3.8, 4) is 0 Å². The first kappa shape index (κ1) is 22.0. The Bertz CT molecular complexity index is 451. The van der Waals surface area contributed by atoms with Crippen molar-refractivity contribution in [3.05, 3.63) is 24.0 Å². The maximum atomic E-state index is 5.70. The molecular formula is C21H39NOSn. The molecule has 138 valence electrons. The number of unbranched alkanes of at least 4 members (excludes halogenated alkanes) is 3. The minimum absolute atomic E-state index is 0.298. The molecule has 0 N–H and O–H groups in total. The van der Waals surface area contributed by atoms with Crippen LogP contribution in [0.3, 0.4) is 0 Å². The van der Waals surface area contributed by atoms with Gasteiger partial charge in [0.25, 0.3) is 0 Å². The van der Waals surface area contributed by atoms with Crippen molar-refractivity contribution in [2.24, 2.45) is 0 Å². The van der Waals surface area contributed by atoms with Gasteiger partial charge < -0.3 is 0 Å². The molecule has 0 radical (unpaired) electrons. The molecule has 0 bridgehead atoms. The molecule has 2 nitrogen and oxygen atoms in total. The number of ether oxygens (including phenoxy) is 1. The normalized spacial score (nSPS) is 12.6. The van der Waals surface area contributed by atoms with Crippen molar-refractivity contribution >= 4 is 22.0 Å². The van der Waals surface area contributed by atoms with Crippen LogP contribution in [0.2, 0.25) is 13.3 Å². The number of methoxy groups -OCH3 is 1. The molecule has 0 aromatic carbocycles. The topological polar surface area (TPSA) is 22.1 Å². The van der Waals surface area contributed by atoms with Crippen LogP contribution in [-0.2, 0) is 10.3 Å². The van der Waals surface area contributed by atoms with Gasteiger partial charge in [0.15, 0.2) is 0 Å². The van der Waals surface area contributed by atoms with E-state index in [2.05, 4.69) is 51.7 Å². The minimum atomic E-state index is -2.36. The second-order valence-corrected chi connectivity index (χ2v) is 21.0. The Balaban J connectivity index is 3.26. The molecule has 0 fully saturated rings. The number of nitrogens with zero attached hydrogens (tertiary/aromatic N) is 1. The second kappa shape index (κ2) is 10.8. The van der Waals surface area contributed by atoms with E-state index in [9.17, 15) is 0 Å². The van der Waals surface area contributed by atoms with Gasteiger partial charge in [0.1, 0.15) is 0 Å². The summed E-state index contributed by atoms with van der Waals surface area (Å²) in [7, 11) is 1.79. The Kier molecular flexibility index (Phi) is 9.88. The van der Waals surface area contributed by atoms with E-state index in [1.807, 2.05) is 6.20 Å². The van der Waals surface area contributed by atoms with Crippen LogP contribution in [0.25, 0.3) is 0 Å². The van der Waals surface area contributed by atoms with Crippen LogP contribution in [0.15, 0.2) is 18.3 Å². The fourth-order valence-electron chi connectivity index (χ4n) is 3.55. The van der Waals surface area contributed by atoms with Gasteiger partial charge in [-0.2, -0.15) is 0 Å². The number of hydrogen-bond acceptors (Lipinski definition) is 2. The molecule has 1 rings (SSSR count). The Morgan fingerprint density at radius 1 is 0.958 bits per heavy atom. The van der Waals surface area contributed by atoms with Gasteiger partial charge in [-0.15, -0.1) is 0 Å². The molecule has 0 saturated heterocycles. The van der Waals surface area contributed by atoms with Gasteiger partial charge in [-0.05, 0) is 0 Å². The molecule has 1 heterocycles. The molecule has 1 aromatic heterocycles. The summed E-state index contributed by atoms with van der Waals surface area (Å²) in [5.74, 6) is 0. The number of pyridine rings is 1. The Morgan fingerprint density at radius 3 is 1.88 bits per heavy atom. The van der Waals surface area contributed by atoms with Crippen LogP contribution in [-0.4, -0.2) is 30.5 Å². The van der Waals surface area contributed by atoms with Crippen molar-refractivity contribution in [1.29, 1.82) is 0 Å². The molecule has 0 aliphatic carbocycles. The number of hydrogen-bond donors (Lipinski definition) is 0. The van der Waals surface area contributed by atoms with E-state index in [1.165, 1.54) is 51.8 Å². The third-order valence-corrected chi connectivity index (χ3v) is 21.1. The first-order valence-corrected chi connectivity index (χ1v) is 17.5. The van der Waals surface area contributed by atoms with Crippen molar-refractivity contribution in [3.63, 3.8) is 0 Å². The summed E-state index contributed by atoms with van der Waals surface area (Å²) in [5.41, 5.74) is 0.807. The van der Waals surface area contributed by atoms with E-state index < -0.39 is 18.4 Å². The summed E-state index contributed by atoms with van der Waals surface area (Å²) in [6.45, 7) is 11.3. The standard InChI is InChI=1S/C9H12NO.3C4H9.Sn/c1-9(2,11-3)8-6-4-5-7-10-8;3*1-3-4-2;/h5-7H,1-3H3;3*1,3-4H2,2H3;. The van der Waals surface area contributed by atoms with Crippen LogP contribution >= 0.6 is 0 Å². The Hall–Kier alpha value is -0.0913. The first-order valence-electron chi connectivity index (χ1n) is 9.98. The fraction of sp³-hybridized carbons (Fsp3) is 0.762. The molecule has 0 saturated carbocycles. The predicted molar refractivity (Wildman–Crippen MR) is 109 cm³/mol. The SMILES string of the molecule is CCC[CH2][Sn]([CH2]CCC)([CH2]CCC)[c]1ccnc(C(C)(C)OC)c1. The fourth-order valence-corrected chi connectivity index (χ4v) is 19.5. The average Bonchev–Trinajstić information content (AvgIpc) is 2.61. The van der Waals surface area contributed by atoms with Crippen molar-refractivity contribution in [1.82, 2.24) is 4.98 Å². The van der Waals surface area contributed by atoms with Crippen LogP contribution in [0, 0.1) is 0 Å². The van der Waals surface area contributed by atoms with Gasteiger partial charge >= 0.3 is 155 Å². The third kappa shape index (κ3) is 6.01. The third-order valence-electron chi connectivity index (χ3n) is 5.53. The van der Waals surface area contributed by atoms with Gasteiger partial charge in [-0.3, -0.25) is 0 Å². The van der Waals surface area contributed by atoms with Crippen molar-refractivity contribution in [2.75, 3.05) is 7.11 Å². The zero-order valence-corrected chi connectivity index (χ0v) is 19.8. The van der Waals surface area contributed by atoms with E-state index in [0.717, 1.165) is 5.69 Å². The van der Waals surface area contributed by atoms with Crippen LogP contribution < -0.4 is 3.58 Å². The Labute approximate surface area is 154 Å². The number of aromatic nitrogens is 1. The molecule has 0 aliphatic heterocycles. The van der Waals surface area contributed by atoms with Crippen LogP contribution in [0.1, 0.15) is 78.8 Å². The predicted octanol–water partition coefficient (Wildman–Crippen LogP) is 6.02. The summed E-state index contributed by atoms with van der Waals surface area (Å²) < 4.78 is 11.9. The molecular weight excluding hydrogens is 401 g/mol. The molecule has 0 amide bonds. The molecule has 0 atom stereocenters. The average molecular weight is 440 g/mol. The molecule has 0 spiro atoms. The molecule has 1 aromatic rings. The monoisotopic (exact) mass is 441 g/mol. The van der Waals surface area contributed by atoms with Crippen LogP contribution in [0.4, 0.5) is 0 Å². The van der Waals surface area contributed by atoms with Crippen LogP contribution in [0.5, 0.6) is 0 Å². The van der Waals surface area contributed by atoms with E-state index in [0.29, 0.717) is 0 Å². The molecule has 24 heavy (non-hydrogen) atoms. The molecule has 0 unspecified atom stereocenters. The zero-order valence-electron chi connectivity index (χ0n) is 17.0. The van der Waals surface area contributed by atoms with Gasteiger partial charge in [0.2, 0.25) is 0 Å². The summed E-state index contributed by atoms with van der Waals surface area (Å²) in [6, 6.07) is 4.77. The van der Waals surface area contributed by atoms with E-state index >= 15 is 0 Å². The molecule has 3 heteroatoms. The van der Waals surface area contributed by atoms with Crippen molar-refractivity contribution in [2.45, 2.75) is 92.1 Å². The first-order chi connectivity index (χ1) is 11.5. The van der Waals surface area contributed by atoms with E-state index in [1.54, 1.807) is 10.7 Å². The van der Waals surface area contributed by atoms with Gasteiger partial charge in [-0.25, -0.2) is 0 Å². The van der Waals surface area contributed by atoms with Gasteiger partial charge in [-0.1, -0.05) is 0 Å². The number of rotatable bonds is 12. The van der Waals surface area contributed by atoms with Crippen molar-refractivity contribution < 1.29 is 4.74 Å². The molecule has 0 aliphatic rings. The summed E-state index contributed by atoms with van der Waals surface area (Å²) in [5, 5.41) is 0. The summed E-state index contributed by atoms with van der Waals surface area (Å²) in [4.78, 5) is 4.64. The van der Waals surface area contributed by atoms with E-state index in [4.69, 9.17) is 4.74 Å². The Morgan fingerprint density at radius 2 is 1.46 bits per heavy atom. The zero-order chi connectivity index (χ0) is 18.1. The van der Waals surface area contributed by atoms with Gasteiger partial charge in [0.05, 0.1) is 0 Å². The van der Waals surface area contributed by atoms with E-state index in [-0.39, 0.29) is 5.60 Å². The summed E-state index contributed by atoms with van der Waals surface area (Å²) >= 11 is -2.36. The quantitative estimate of drug-likeness (QED) is 0.371. The summed E-state index contributed by atoms with van der Waals surface area (Å²) in [6.07, 6.45) is 10.2. The second-order valence-electron chi connectivity index (χ2n) is 7.74. The maximum absolute atomic E-state index is 5.70. The van der Waals surface area contributed by atoms with Gasteiger partial charge in [0, 0.05) is 0 Å².